The molecular weight excluding hydrogens is 388 g/mol. The molecule has 0 saturated carbocycles. The second-order valence-electron chi connectivity index (χ2n) is 7.45. The van der Waals surface area contributed by atoms with Crippen LogP contribution < -0.4 is 14.8 Å². The van der Waals surface area contributed by atoms with E-state index in [0.29, 0.717) is 19.4 Å². The lowest BCUT2D eigenvalue weighted by atomic mass is 9.91. The summed E-state index contributed by atoms with van der Waals surface area (Å²) in [6, 6.07) is 14.9. The topological polar surface area (TPSA) is 84.5 Å². The SMILES string of the molecule is CCOc1ccccc1-c1ccc([C@H]2NC(=O)CCC2NS(=O)(=O)C(C)C)cc1. The van der Waals surface area contributed by atoms with Crippen molar-refractivity contribution in [3.05, 3.63) is 54.1 Å². The van der Waals surface area contributed by atoms with E-state index >= 15 is 0 Å². The average molecular weight is 417 g/mol. The van der Waals surface area contributed by atoms with Gasteiger partial charge in [-0.05, 0) is 44.4 Å². The zero-order valence-electron chi connectivity index (χ0n) is 17.0. The van der Waals surface area contributed by atoms with Crippen LogP contribution in [0.1, 0.15) is 45.2 Å². The lowest BCUT2D eigenvalue weighted by Crippen LogP contribution is -2.51. The maximum Gasteiger partial charge on any atom is 0.220 e. The minimum absolute atomic E-state index is 0.0687. The molecule has 7 heteroatoms. The summed E-state index contributed by atoms with van der Waals surface area (Å²) in [5, 5.41) is 2.42. The van der Waals surface area contributed by atoms with Gasteiger partial charge in [-0.25, -0.2) is 13.1 Å². The van der Waals surface area contributed by atoms with Crippen LogP contribution in [-0.4, -0.2) is 32.2 Å². The average Bonchev–Trinajstić information content (AvgIpc) is 2.70. The molecule has 29 heavy (non-hydrogen) atoms. The lowest BCUT2D eigenvalue weighted by molar-refractivity contribution is -0.123. The largest absolute Gasteiger partial charge is 0.493 e. The molecule has 2 atom stereocenters. The van der Waals surface area contributed by atoms with Crippen molar-refractivity contribution in [2.45, 2.75) is 50.9 Å². The van der Waals surface area contributed by atoms with Crippen LogP contribution in [0.15, 0.2) is 48.5 Å². The molecule has 3 rings (SSSR count). The first-order valence-electron chi connectivity index (χ1n) is 9.94. The molecule has 2 N–H and O–H groups in total. The van der Waals surface area contributed by atoms with Crippen molar-refractivity contribution in [2.75, 3.05) is 6.61 Å². The van der Waals surface area contributed by atoms with E-state index in [2.05, 4.69) is 10.0 Å². The van der Waals surface area contributed by atoms with Gasteiger partial charge >= 0.3 is 0 Å². The third-order valence-corrected chi connectivity index (χ3v) is 6.98. The minimum atomic E-state index is -3.44. The molecule has 1 fully saturated rings. The Morgan fingerprint density at radius 1 is 1.14 bits per heavy atom. The summed E-state index contributed by atoms with van der Waals surface area (Å²) in [5.41, 5.74) is 2.86. The number of ether oxygens (including phenoxy) is 1. The Kier molecular flexibility index (Phi) is 6.59. The van der Waals surface area contributed by atoms with Gasteiger partial charge in [0.1, 0.15) is 5.75 Å². The predicted octanol–water partition coefficient (Wildman–Crippen LogP) is 3.40. The molecule has 2 aromatic rings. The molecule has 1 saturated heterocycles. The number of sulfonamides is 1. The van der Waals surface area contributed by atoms with Gasteiger partial charge in [0.05, 0.1) is 17.9 Å². The molecule has 2 aromatic carbocycles. The van der Waals surface area contributed by atoms with E-state index in [1.54, 1.807) is 13.8 Å². The molecule has 0 aliphatic carbocycles. The van der Waals surface area contributed by atoms with Gasteiger partial charge in [-0.1, -0.05) is 42.5 Å². The van der Waals surface area contributed by atoms with Crippen molar-refractivity contribution >= 4 is 15.9 Å². The minimum Gasteiger partial charge on any atom is -0.493 e. The van der Waals surface area contributed by atoms with Crippen LogP contribution in [0.4, 0.5) is 0 Å². The molecule has 1 amide bonds. The number of hydrogen-bond acceptors (Lipinski definition) is 4. The van der Waals surface area contributed by atoms with E-state index in [-0.39, 0.29) is 11.9 Å². The number of benzene rings is 2. The number of hydrogen-bond donors (Lipinski definition) is 2. The molecule has 1 aliphatic heterocycles. The first kappa shape index (κ1) is 21.3. The number of piperidine rings is 1. The normalized spacial score (nSPS) is 19.8. The van der Waals surface area contributed by atoms with Gasteiger partial charge in [-0.2, -0.15) is 0 Å². The van der Waals surface area contributed by atoms with E-state index in [1.807, 2.05) is 55.5 Å². The Morgan fingerprint density at radius 2 is 1.83 bits per heavy atom. The summed E-state index contributed by atoms with van der Waals surface area (Å²) in [6.45, 7) is 5.82. The monoisotopic (exact) mass is 416 g/mol. The number of nitrogens with one attached hydrogen (secondary N) is 2. The number of amides is 1. The molecule has 1 aliphatic rings. The summed E-state index contributed by atoms with van der Waals surface area (Å²) in [7, 11) is -3.44. The van der Waals surface area contributed by atoms with Crippen LogP contribution in [-0.2, 0) is 14.8 Å². The maximum atomic E-state index is 12.4. The molecule has 0 spiro atoms. The molecule has 0 radical (unpaired) electrons. The van der Waals surface area contributed by atoms with Crippen molar-refractivity contribution in [1.29, 1.82) is 0 Å². The van der Waals surface area contributed by atoms with Gasteiger partial charge in [0.2, 0.25) is 15.9 Å². The van der Waals surface area contributed by atoms with Crippen molar-refractivity contribution in [3.8, 4) is 16.9 Å². The van der Waals surface area contributed by atoms with E-state index in [0.717, 1.165) is 22.4 Å². The van der Waals surface area contributed by atoms with Crippen molar-refractivity contribution < 1.29 is 17.9 Å². The van der Waals surface area contributed by atoms with Gasteiger partial charge in [-0.15, -0.1) is 0 Å². The van der Waals surface area contributed by atoms with Crippen LogP contribution >= 0.6 is 0 Å². The highest BCUT2D eigenvalue weighted by Crippen LogP contribution is 2.32. The van der Waals surface area contributed by atoms with Gasteiger partial charge in [0, 0.05) is 18.0 Å². The Hall–Kier alpha value is -2.38. The Bertz CT molecular complexity index is 955. The Labute approximate surface area is 172 Å². The fraction of sp³-hybridized carbons (Fsp3) is 0.409. The quantitative estimate of drug-likeness (QED) is 0.725. The summed E-state index contributed by atoms with van der Waals surface area (Å²) in [5.74, 6) is 0.747. The molecule has 1 heterocycles. The highest BCUT2D eigenvalue weighted by atomic mass is 32.2. The molecular formula is C22H28N2O4S. The van der Waals surface area contributed by atoms with Crippen molar-refractivity contribution in [1.82, 2.24) is 10.0 Å². The van der Waals surface area contributed by atoms with Crippen LogP contribution in [0.2, 0.25) is 0 Å². The van der Waals surface area contributed by atoms with E-state index < -0.39 is 21.3 Å². The van der Waals surface area contributed by atoms with E-state index in [9.17, 15) is 13.2 Å². The Morgan fingerprint density at radius 3 is 2.48 bits per heavy atom. The maximum absolute atomic E-state index is 12.4. The first-order valence-corrected chi connectivity index (χ1v) is 11.5. The molecule has 1 unspecified atom stereocenters. The van der Waals surface area contributed by atoms with Gasteiger partial charge in [-0.3, -0.25) is 4.79 Å². The van der Waals surface area contributed by atoms with E-state index in [4.69, 9.17) is 4.74 Å². The second kappa shape index (κ2) is 8.97. The summed E-state index contributed by atoms with van der Waals surface area (Å²) in [4.78, 5) is 12.0. The van der Waals surface area contributed by atoms with Crippen LogP contribution in [0.5, 0.6) is 5.75 Å². The zero-order chi connectivity index (χ0) is 21.0. The van der Waals surface area contributed by atoms with E-state index in [1.165, 1.54) is 0 Å². The highest BCUT2D eigenvalue weighted by Gasteiger charge is 2.33. The third kappa shape index (κ3) is 4.97. The lowest BCUT2D eigenvalue weighted by Gasteiger charge is -2.33. The molecule has 0 bridgehead atoms. The molecule has 6 nitrogen and oxygen atoms in total. The van der Waals surface area contributed by atoms with Gasteiger partial charge in [0.25, 0.3) is 0 Å². The smallest absolute Gasteiger partial charge is 0.220 e. The second-order valence-corrected chi connectivity index (χ2v) is 9.72. The number of carbonyl (C=O) groups excluding carboxylic acids is 1. The predicted molar refractivity (Wildman–Crippen MR) is 114 cm³/mol. The summed E-state index contributed by atoms with van der Waals surface area (Å²) < 4.78 is 33.2. The standard InChI is InChI=1S/C22H28N2O4S/c1-4-28-20-8-6-5-7-18(20)16-9-11-17(12-10-16)22-19(13-14-21(25)23-22)24-29(26,27)15(2)3/h5-12,15,19,22,24H,4,13-14H2,1-3H3,(H,23,25)/t19?,22-/m1/s1. The summed E-state index contributed by atoms with van der Waals surface area (Å²) >= 11 is 0. The van der Waals surface area contributed by atoms with Gasteiger partial charge < -0.3 is 10.1 Å². The molecule has 0 aromatic heterocycles. The van der Waals surface area contributed by atoms with Crippen molar-refractivity contribution in [3.63, 3.8) is 0 Å². The number of carbonyl (C=O) groups is 1. The van der Waals surface area contributed by atoms with Gasteiger partial charge in [0.15, 0.2) is 0 Å². The van der Waals surface area contributed by atoms with Crippen LogP contribution in [0.3, 0.4) is 0 Å². The summed E-state index contributed by atoms with van der Waals surface area (Å²) in [6.07, 6.45) is 0.777. The Balaban J connectivity index is 1.87. The fourth-order valence-corrected chi connectivity index (χ4v) is 4.39. The van der Waals surface area contributed by atoms with Crippen LogP contribution in [0.25, 0.3) is 11.1 Å². The van der Waals surface area contributed by atoms with Crippen LogP contribution in [0, 0.1) is 0 Å². The molecule has 156 valence electrons. The first-order chi connectivity index (χ1) is 13.8. The highest BCUT2D eigenvalue weighted by molar-refractivity contribution is 7.90. The number of para-hydroxylation sites is 1. The third-order valence-electron chi connectivity index (χ3n) is 5.11. The fourth-order valence-electron chi connectivity index (χ4n) is 3.45. The number of rotatable bonds is 7. The zero-order valence-corrected chi connectivity index (χ0v) is 17.8. The van der Waals surface area contributed by atoms with Crippen molar-refractivity contribution in [2.24, 2.45) is 0 Å².